The number of carbonyl (C=O) groups is 1. The third-order valence-electron chi connectivity index (χ3n) is 6.07. The largest absolute Gasteiger partial charge is 0.416 e. The lowest BCUT2D eigenvalue weighted by Gasteiger charge is -2.39. The fourth-order valence-corrected chi connectivity index (χ4v) is 3.74. The van der Waals surface area contributed by atoms with Crippen LogP contribution in [0.15, 0.2) is 24.3 Å². The lowest BCUT2D eigenvalue weighted by Crippen LogP contribution is -2.51. The molecule has 27 heavy (non-hydrogen) atoms. The molecule has 1 heterocycles. The molecule has 1 aromatic carbocycles. The van der Waals surface area contributed by atoms with Gasteiger partial charge in [-0.15, -0.1) is 0 Å². The van der Waals surface area contributed by atoms with Gasteiger partial charge < -0.3 is 15.8 Å². The van der Waals surface area contributed by atoms with E-state index in [-0.39, 0.29) is 19.0 Å². The fraction of sp³-hybridized carbons (Fsp3) is 0.650. The van der Waals surface area contributed by atoms with Crippen LogP contribution in [0.25, 0.3) is 0 Å². The maximum Gasteiger partial charge on any atom is 0.416 e. The summed E-state index contributed by atoms with van der Waals surface area (Å²) in [6.45, 7) is 5.27. The maximum absolute atomic E-state index is 13.2. The molecule has 1 fully saturated rings. The van der Waals surface area contributed by atoms with Gasteiger partial charge in [0.15, 0.2) is 0 Å². The molecule has 2 rings (SSSR count). The van der Waals surface area contributed by atoms with Gasteiger partial charge in [-0.1, -0.05) is 32.0 Å². The van der Waals surface area contributed by atoms with Crippen LogP contribution in [0, 0.1) is 5.41 Å². The van der Waals surface area contributed by atoms with Gasteiger partial charge in [-0.25, -0.2) is 0 Å². The van der Waals surface area contributed by atoms with Gasteiger partial charge in [0.2, 0.25) is 5.91 Å². The molecule has 0 bridgehead atoms. The fourth-order valence-electron chi connectivity index (χ4n) is 3.74. The van der Waals surface area contributed by atoms with Crippen LogP contribution < -0.4 is 11.1 Å². The van der Waals surface area contributed by atoms with Crippen molar-refractivity contribution in [2.75, 3.05) is 26.3 Å². The summed E-state index contributed by atoms with van der Waals surface area (Å²) in [5.41, 5.74) is 4.55. The molecule has 0 unspecified atom stereocenters. The van der Waals surface area contributed by atoms with Crippen LogP contribution in [0.3, 0.4) is 0 Å². The summed E-state index contributed by atoms with van der Waals surface area (Å²) in [6, 6.07) is 5.41. The van der Waals surface area contributed by atoms with E-state index in [9.17, 15) is 18.0 Å². The highest BCUT2D eigenvalue weighted by molar-refractivity contribution is 5.83. The Morgan fingerprint density at radius 3 is 2.37 bits per heavy atom. The molecule has 0 spiro atoms. The van der Waals surface area contributed by atoms with E-state index in [2.05, 4.69) is 5.32 Å². The number of nitrogens with two attached hydrogens (primary N) is 1. The van der Waals surface area contributed by atoms with Gasteiger partial charge in [-0.2, -0.15) is 13.2 Å². The standard InChI is InChI=1S/C20H29F3N2O2/c1-3-18(4-2,13-24)17(26)25-14-19(8-10-27-11-9-19)15-6-5-7-16(12-15)20(21,22)23/h5-7,12H,3-4,8-11,13-14,24H2,1-2H3,(H,25,26). The molecule has 0 atom stereocenters. The second-order valence-electron chi connectivity index (χ2n) is 7.35. The number of nitrogens with one attached hydrogen (secondary N) is 1. The van der Waals surface area contributed by atoms with Gasteiger partial charge in [-0.3, -0.25) is 4.79 Å². The van der Waals surface area contributed by atoms with E-state index < -0.39 is 22.6 Å². The minimum atomic E-state index is -4.40. The van der Waals surface area contributed by atoms with E-state index in [1.165, 1.54) is 12.1 Å². The van der Waals surface area contributed by atoms with Crippen molar-refractivity contribution >= 4 is 5.91 Å². The molecule has 1 aromatic rings. The van der Waals surface area contributed by atoms with Crippen molar-refractivity contribution in [3.63, 3.8) is 0 Å². The van der Waals surface area contributed by atoms with Crippen molar-refractivity contribution in [1.82, 2.24) is 5.32 Å². The molecule has 4 nitrogen and oxygen atoms in total. The van der Waals surface area contributed by atoms with Crippen molar-refractivity contribution < 1.29 is 22.7 Å². The van der Waals surface area contributed by atoms with Crippen LogP contribution in [0.5, 0.6) is 0 Å². The van der Waals surface area contributed by atoms with Gasteiger partial charge >= 0.3 is 6.18 Å². The van der Waals surface area contributed by atoms with Crippen LogP contribution in [0.4, 0.5) is 13.2 Å². The first-order valence-corrected chi connectivity index (χ1v) is 9.47. The molecule has 152 valence electrons. The van der Waals surface area contributed by atoms with Crippen molar-refractivity contribution in [1.29, 1.82) is 0 Å². The summed E-state index contributed by atoms with van der Waals surface area (Å²) in [6.07, 6.45) is -2.05. The number of alkyl halides is 3. The van der Waals surface area contributed by atoms with E-state index in [1.54, 1.807) is 6.07 Å². The number of amides is 1. The van der Waals surface area contributed by atoms with Gasteiger partial charge in [-0.05, 0) is 37.3 Å². The topological polar surface area (TPSA) is 64.4 Å². The minimum Gasteiger partial charge on any atom is -0.381 e. The molecule has 0 aliphatic carbocycles. The summed E-state index contributed by atoms with van der Waals surface area (Å²) in [5, 5.41) is 2.99. The first kappa shape index (κ1) is 21.7. The number of hydrogen-bond acceptors (Lipinski definition) is 3. The molecular weight excluding hydrogens is 357 g/mol. The monoisotopic (exact) mass is 386 g/mol. The minimum absolute atomic E-state index is 0.132. The van der Waals surface area contributed by atoms with Crippen molar-refractivity contribution in [2.45, 2.75) is 51.1 Å². The third-order valence-corrected chi connectivity index (χ3v) is 6.07. The molecule has 0 aromatic heterocycles. The van der Waals surface area contributed by atoms with Crippen LogP contribution in [0.2, 0.25) is 0 Å². The van der Waals surface area contributed by atoms with Gasteiger partial charge in [0, 0.05) is 31.7 Å². The quantitative estimate of drug-likeness (QED) is 0.752. The highest BCUT2D eigenvalue weighted by Crippen LogP contribution is 2.38. The predicted molar refractivity (Wildman–Crippen MR) is 98.3 cm³/mol. The molecular formula is C20H29F3N2O2. The highest BCUT2D eigenvalue weighted by Gasteiger charge is 2.40. The van der Waals surface area contributed by atoms with E-state index in [1.807, 2.05) is 13.8 Å². The number of benzene rings is 1. The molecule has 1 aliphatic rings. The number of ether oxygens (including phenoxy) is 1. The summed E-state index contributed by atoms with van der Waals surface area (Å²) in [5.74, 6) is -0.132. The second-order valence-corrected chi connectivity index (χ2v) is 7.35. The molecule has 1 aliphatic heterocycles. The van der Waals surface area contributed by atoms with E-state index in [0.29, 0.717) is 44.5 Å². The van der Waals surface area contributed by atoms with Crippen LogP contribution >= 0.6 is 0 Å². The van der Waals surface area contributed by atoms with Gasteiger partial charge in [0.1, 0.15) is 0 Å². The van der Waals surface area contributed by atoms with Gasteiger partial charge in [0.05, 0.1) is 11.0 Å². The Morgan fingerprint density at radius 1 is 1.22 bits per heavy atom. The zero-order valence-electron chi connectivity index (χ0n) is 16.0. The summed E-state index contributed by atoms with van der Waals surface area (Å²) in [7, 11) is 0. The average Bonchev–Trinajstić information content (AvgIpc) is 2.68. The van der Waals surface area contributed by atoms with Crippen LogP contribution in [-0.4, -0.2) is 32.2 Å². The first-order chi connectivity index (χ1) is 12.7. The molecule has 3 N–H and O–H groups in total. The smallest absolute Gasteiger partial charge is 0.381 e. The molecule has 0 saturated carbocycles. The number of halogens is 3. The number of carbonyl (C=O) groups excluding carboxylic acids is 1. The lowest BCUT2D eigenvalue weighted by atomic mass is 9.73. The zero-order valence-corrected chi connectivity index (χ0v) is 16.0. The van der Waals surface area contributed by atoms with Crippen LogP contribution in [-0.2, 0) is 21.1 Å². The number of hydrogen-bond donors (Lipinski definition) is 2. The van der Waals surface area contributed by atoms with Crippen molar-refractivity contribution in [2.24, 2.45) is 11.1 Å². The Balaban J connectivity index is 2.29. The zero-order chi connectivity index (χ0) is 20.1. The van der Waals surface area contributed by atoms with Crippen molar-refractivity contribution in [3.8, 4) is 0 Å². The Kier molecular flexibility index (Phi) is 6.92. The van der Waals surface area contributed by atoms with Gasteiger partial charge in [0.25, 0.3) is 0 Å². The lowest BCUT2D eigenvalue weighted by molar-refractivity contribution is -0.137. The Hall–Kier alpha value is -1.60. The number of rotatable bonds is 7. The molecule has 1 amide bonds. The molecule has 1 saturated heterocycles. The maximum atomic E-state index is 13.2. The second kappa shape index (κ2) is 8.61. The average molecular weight is 386 g/mol. The normalized spacial score (nSPS) is 17.6. The third kappa shape index (κ3) is 4.63. The van der Waals surface area contributed by atoms with E-state index in [4.69, 9.17) is 10.5 Å². The van der Waals surface area contributed by atoms with E-state index >= 15 is 0 Å². The SMILES string of the molecule is CCC(CC)(CN)C(=O)NCC1(c2cccc(C(F)(F)F)c2)CCOCC1. The van der Waals surface area contributed by atoms with Crippen molar-refractivity contribution in [3.05, 3.63) is 35.4 Å². The van der Waals surface area contributed by atoms with Crippen LogP contribution in [0.1, 0.15) is 50.7 Å². The Morgan fingerprint density at radius 2 is 1.85 bits per heavy atom. The summed E-state index contributed by atoms with van der Waals surface area (Å²) >= 11 is 0. The Labute approximate surface area is 158 Å². The predicted octanol–water partition coefficient (Wildman–Crippen LogP) is 3.63. The highest BCUT2D eigenvalue weighted by atomic mass is 19.4. The first-order valence-electron chi connectivity index (χ1n) is 9.47. The molecule has 0 radical (unpaired) electrons. The Bertz CT molecular complexity index is 628. The summed E-state index contributed by atoms with van der Waals surface area (Å²) < 4.78 is 44.9. The van der Waals surface area contributed by atoms with E-state index in [0.717, 1.165) is 6.07 Å². The summed E-state index contributed by atoms with van der Waals surface area (Å²) in [4.78, 5) is 12.8. The molecule has 7 heteroatoms.